The Morgan fingerprint density at radius 2 is 1.73 bits per heavy atom. The molecule has 0 saturated carbocycles. The SMILES string of the molecule is CCc1cc(O)cc(OC(=O)[C@H](C)c2ccc3cc(OC)ccc3c2)c1. The summed E-state index contributed by atoms with van der Waals surface area (Å²) >= 11 is 0. The number of esters is 1. The summed E-state index contributed by atoms with van der Waals surface area (Å²) in [7, 11) is 1.64. The Labute approximate surface area is 153 Å². The van der Waals surface area contributed by atoms with Gasteiger partial charge < -0.3 is 14.6 Å². The highest BCUT2D eigenvalue weighted by Gasteiger charge is 2.18. The molecule has 0 aliphatic carbocycles. The Balaban J connectivity index is 1.82. The van der Waals surface area contributed by atoms with Crippen molar-refractivity contribution in [3.05, 3.63) is 65.7 Å². The van der Waals surface area contributed by atoms with Crippen LogP contribution >= 0.6 is 0 Å². The fourth-order valence-electron chi connectivity index (χ4n) is 2.89. The summed E-state index contributed by atoms with van der Waals surface area (Å²) < 4.78 is 10.7. The first-order valence-electron chi connectivity index (χ1n) is 8.62. The van der Waals surface area contributed by atoms with Crippen molar-refractivity contribution >= 4 is 16.7 Å². The van der Waals surface area contributed by atoms with Crippen LogP contribution in [-0.4, -0.2) is 18.2 Å². The van der Waals surface area contributed by atoms with Crippen molar-refractivity contribution in [1.82, 2.24) is 0 Å². The number of phenols is 1. The van der Waals surface area contributed by atoms with E-state index in [0.29, 0.717) is 5.75 Å². The second kappa shape index (κ2) is 7.48. The number of carbonyl (C=O) groups excluding carboxylic acids is 1. The molecule has 0 unspecified atom stereocenters. The highest BCUT2D eigenvalue weighted by Crippen LogP contribution is 2.27. The van der Waals surface area contributed by atoms with Crippen molar-refractivity contribution in [2.75, 3.05) is 7.11 Å². The monoisotopic (exact) mass is 350 g/mol. The van der Waals surface area contributed by atoms with E-state index in [9.17, 15) is 9.90 Å². The number of rotatable bonds is 5. The van der Waals surface area contributed by atoms with Crippen LogP contribution in [0.5, 0.6) is 17.2 Å². The maximum atomic E-state index is 12.5. The van der Waals surface area contributed by atoms with Gasteiger partial charge in [0, 0.05) is 6.07 Å². The van der Waals surface area contributed by atoms with Crippen LogP contribution in [0.1, 0.15) is 30.9 Å². The largest absolute Gasteiger partial charge is 0.508 e. The summed E-state index contributed by atoms with van der Waals surface area (Å²) in [6.45, 7) is 3.80. The molecule has 0 aromatic heterocycles. The number of phenolic OH excluding ortho intramolecular Hbond substituents is 1. The number of aromatic hydroxyl groups is 1. The second-order valence-electron chi connectivity index (χ2n) is 6.30. The molecule has 0 fully saturated rings. The summed E-state index contributed by atoms with van der Waals surface area (Å²) in [4.78, 5) is 12.5. The Hall–Kier alpha value is -3.01. The van der Waals surface area contributed by atoms with Crippen LogP contribution in [0.15, 0.2) is 54.6 Å². The van der Waals surface area contributed by atoms with Crippen LogP contribution in [0.3, 0.4) is 0 Å². The minimum Gasteiger partial charge on any atom is -0.508 e. The zero-order valence-electron chi connectivity index (χ0n) is 15.2. The summed E-state index contributed by atoms with van der Waals surface area (Å²) in [5, 5.41) is 11.8. The maximum Gasteiger partial charge on any atom is 0.318 e. The molecule has 0 radical (unpaired) electrons. The Morgan fingerprint density at radius 3 is 2.46 bits per heavy atom. The standard InChI is InChI=1S/C22H22O4/c1-4-15-9-19(23)13-21(10-15)26-22(24)14(2)16-5-6-18-12-20(25-3)8-7-17(18)11-16/h5-14,23H,4H2,1-3H3/t14-/m1/s1. The van der Waals surface area contributed by atoms with E-state index in [-0.39, 0.29) is 11.7 Å². The molecule has 0 saturated heterocycles. The zero-order valence-corrected chi connectivity index (χ0v) is 15.2. The number of carbonyl (C=O) groups is 1. The van der Waals surface area contributed by atoms with Gasteiger partial charge in [0.05, 0.1) is 13.0 Å². The van der Waals surface area contributed by atoms with Gasteiger partial charge >= 0.3 is 5.97 Å². The average molecular weight is 350 g/mol. The second-order valence-corrected chi connectivity index (χ2v) is 6.30. The number of fused-ring (bicyclic) bond motifs is 1. The molecule has 1 atom stereocenters. The average Bonchev–Trinajstić information content (AvgIpc) is 2.65. The van der Waals surface area contributed by atoms with Gasteiger partial charge in [-0.05, 0) is 59.5 Å². The molecule has 3 rings (SSSR count). The summed E-state index contributed by atoms with van der Waals surface area (Å²) in [6, 6.07) is 16.6. The lowest BCUT2D eigenvalue weighted by Gasteiger charge is -2.13. The molecule has 0 bridgehead atoms. The Kier molecular flexibility index (Phi) is 5.12. The van der Waals surface area contributed by atoms with Crippen molar-refractivity contribution in [3.8, 4) is 17.2 Å². The molecule has 4 heteroatoms. The minimum absolute atomic E-state index is 0.0967. The maximum absolute atomic E-state index is 12.5. The van der Waals surface area contributed by atoms with Crippen molar-refractivity contribution in [3.63, 3.8) is 0 Å². The van der Waals surface area contributed by atoms with Gasteiger partial charge in [-0.1, -0.05) is 31.2 Å². The number of hydrogen-bond donors (Lipinski definition) is 1. The third-order valence-electron chi connectivity index (χ3n) is 4.50. The topological polar surface area (TPSA) is 55.8 Å². The predicted octanol–water partition coefficient (Wildman–Crippen LogP) is 4.83. The normalized spacial score (nSPS) is 12.0. The van der Waals surface area contributed by atoms with Crippen molar-refractivity contribution < 1.29 is 19.4 Å². The van der Waals surface area contributed by atoms with Crippen LogP contribution in [0.2, 0.25) is 0 Å². The van der Waals surface area contributed by atoms with Crippen LogP contribution in [0, 0.1) is 0 Å². The van der Waals surface area contributed by atoms with Gasteiger partial charge in [0.2, 0.25) is 0 Å². The zero-order chi connectivity index (χ0) is 18.7. The molecule has 0 heterocycles. The van der Waals surface area contributed by atoms with Gasteiger partial charge in [-0.15, -0.1) is 0 Å². The molecule has 0 spiro atoms. The number of methoxy groups -OCH3 is 1. The smallest absolute Gasteiger partial charge is 0.318 e. The molecule has 0 aliphatic heterocycles. The van der Waals surface area contributed by atoms with Gasteiger partial charge in [0.25, 0.3) is 0 Å². The fourth-order valence-corrected chi connectivity index (χ4v) is 2.89. The van der Waals surface area contributed by atoms with Crippen molar-refractivity contribution in [2.24, 2.45) is 0 Å². The number of benzene rings is 3. The fraction of sp³-hybridized carbons (Fsp3) is 0.227. The van der Waals surface area contributed by atoms with E-state index in [0.717, 1.165) is 34.1 Å². The lowest BCUT2D eigenvalue weighted by atomic mass is 9.98. The van der Waals surface area contributed by atoms with E-state index in [1.54, 1.807) is 19.2 Å². The first-order valence-corrected chi connectivity index (χ1v) is 8.62. The van der Waals surface area contributed by atoms with Gasteiger partial charge in [-0.25, -0.2) is 0 Å². The molecule has 26 heavy (non-hydrogen) atoms. The third-order valence-corrected chi connectivity index (χ3v) is 4.50. The highest BCUT2D eigenvalue weighted by molar-refractivity contribution is 5.87. The molecule has 4 nitrogen and oxygen atoms in total. The Bertz CT molecular complexity index is 946. The Morgan fingerprint density at radius 1 is 1.00 bits per heavy atom. The van der Waals surface area contributed by atoms with E-state index in [1.807, 2.05) is 50.2 Å². The third kappa shape index (κ3) is 3.80. The van der Waals surface area contributed by atoms with Gasteiger partial charge in [0.15, 0.2) is 0 Å². The van der Waals surface area contributed by atoms with E-state index in [1.165, 1.54) is 6.07 Å². The predicted molar refractivity (Wildman–Crippen MR) is 102 cm³/mol. The van der Waals surface area contributed by atoms with E-state index < -0.39 is 5.92 Å². The van der Waals surface area contributed by atoms with E-state index >= 15 is 0 Å². The van der Waals surface area contributed by atoms with Gasteiger partial charge in [0.1, 0.15) is 17.2 Å². The summed E-state index contributed by atoms with van der Waals surface area (Å²) in [5.41, 5.74) is 1.80. The van der Waals surface area contributed by atoms with Crippen molar-refractivity contribution in [2.45, 2.75) is 26.2 Å². The van der Waals surface area contributed by atoms with E-state index in [4.69, 9.17) is 9.47 Å². The molecule has 134 valence electrons. The van der Waals surface area contributed by atoms with Gasteiger partial charge in [-0.2, -0.15) is 0 Å². The van der Waals surface area contributed by atoms with Crippen LogP contribution in [0.25, 0.3) is 10.8 Å². The quantitative estimate of drug-likeness (QED) is 0.529. The van der Waals surface area contributed by atoms with Crippen LogP contribution in [-0.2, 0) is 11.2 Å². The molecule has 0 aliphatic rings. The molecule has 3 aromatic rings. The highest BCUT2D eigenvalue weighted by atomic mass is 16.5. The lowest BCUT2D eigenvalue weighted by Crippen LogP contribution is -2.16. The van der Waals surface area contributed by atoms with Crippen molar-refractivity contribution in [1.29, 1.82) is 0 Å². The first-order chi connectivity index (χ1) is 12.5. The van der Waals surface area contributed by atoms with Crippen LogP contribution in [0.4, 0.5) is 0 Å². The van der Waals surface area contributed by atoms with E-state index in [2.05, 4.69) is 0 Å². The summed E-state index contributed by atoms with van der Waals surface area (Å²) in [5.74, 6) is 0.483. The minimum atomic E-state index is -0.422. The first kappa shape index (κ1) is 17.8. The molecular formula is C22H22O4. The molecule has 3 aromatic carbocycles. The number of ether oxygens (including phenoxy) is 2. The summed E-state index contributed by atoms with van der Waals surface area (Å²) in [6.07, 6.45) is 0.753. The van der Waals surface area contributed by atoms with Gasteiger partial charge in [-0.3, -0.25) is 4.79 Å². The molecule has 0 amide bonds. The lowest BCUT2D eigenvalue weighted by molar-refractivity contribution is -0.135. The number of aryl methyl sites for hydroxylation is 1. The van der Waals surface area contributed by atoms with Crippen LogP contribution < -0.4 is 9.47 Å². The number of hydrogen-bond acceptors (Lipinski definition) is 4. The molecular weight excluding hydrogens is 328 g/mol. The molecule has 1 N–H and O–H groups in total.